The Bertz CT molecular complexity index is 888. The Labute approximate surface area is 166 Å². The maximum absolute atomic E-state index is 4.24. The molecule has 0 unspecified atom stereocenters. The highest BCUT2D eigenvalue weighted by molar-refractivity contribution is 8.00. The summed E-state index contributed by atoms with van der Waals surface area (Å²) in [6, 6.07) is 20.3. The molecule has 0 aliphatic carbocycles. The highest BCUT2D eigenvalue weighted by Gasteiger charge is 2.08. The molecule has 0 aliphatic rings. The number of benzene rings is 2. The first-order chi connectivity index (χ1) is 13.4. The Morgan fingerprint density at radius 1 is 0.630 bits per heavy atom. The van der Waals surface area contributed by atoms with Gasteiger partial charge in [-0.2, -0.15) is 0 Å². The fraction of sp³-hybridized carbons (Fsp3) is 0.158. The Kier molecular flexibility index (Phi) is 5.86. The second-order valence-electron chi connectivity index (χ2n) is 5.69. The van der Waals surface area contributed by atoms with Crippen LogP contribution in [0.1, 0.15) is 6.42 Å². The van der Waals surface area contributed by atoms with E-state index in [0.717, 1.165) is 39.6 Å². The molecule has 2 heterocycles. The molecule has 2 aromatic carbocycles. The number of aromatic nitrogens is 6. The molecule has 0 saturated carbocycles. The fourth-order valence-electron chi connectivity index (χ4n) is 2.56. The van der Waals surface area contributed by atoms with Crippen LogP contribution in [-0.2, 0) is 0 Å². The standard InChI is InChI=1S/C19H18N6S2/c1-3-8-16(9-4-1)24-14-20-22-18(24)26-12-7-13-27-19-23-21-15-25(19)17-10-5-2-6-11-17/h1-6,8-11,14-15H,7,12-13H2. The predicted molar refractivity (Wildman–Crippen MR) is 109 cm³/mol. The topological polar surface area (TPSA) is 61.4 Å². The van der Waals surface area contributed by atoms with Crippen LogP contribution < -0.4 is 0 Å². The van der Waals surface area contributed by atoms with Gasteiger partial charge in [0.15, 0.2) is 10.3 Å². The number of para-hydroxylation sites is 2. The first-order valence-corrected chi connectivity index (χ1v) is 10.6. The normalized spacial score (nSPS) is 11.0. The lowest BCUT2D eigenvalue weighted by Gasteiger charge is -2.07. The van der Waals surface area contributed by atoms with E-state index in [2.05, 4.69) is 44.7 Å². The number of hydrogen-bond acceptors (Lipinski definition) is 6. The van der Waals surface area contributed by atoms with Crippen LogP contribution in [0.15, 0.2) is 83.6 Å². The van der Waals surface area contributed by atoms with Crippen LogP contribution in [0.4, 0.5) is 0 Å². The predicted octanol–water partition coefficient (Wildman–Crippen LogP) is 4.12. The second kappa shape index (κ2) is 8.88. The van der Waals surface area contributed by atoms with Gasteiger partial charge >= 0.3 is 0 Å². The Hall–Kier alpha value is -2.58. The molecular formula is C19H18N6S2. The molecule has 0 spiro atoms. The molecular weight excluding hydrogens is 376 g/mol. The summed E-state index contributed by atoms with van der Waals surface area (Å²) in [5, 5.41) is 18.4. The Morgan fingerprint density at radius 2 is 1.07 bits per heavy atom. The third-order valence-corrected chi connectivity index (χ3v) is 5.91. The summed E-state index contributed by atoms with van der Waals surface area (Å²) in [6.07, 6.45) is 4.56. The van der Waals surface area contributed by atoms with Crippen LogP contribution in [0.3, 0.4) is 0 Å². The molecule has 136 valence electrons. The molecule has 4 aromatic rings. The van der Waals surface area contributed by atoms with E-state index in [1.165, 1.54) is 0 Å². The molecule has 2 aromatic heterocycles. The van der Waals surface area contributed by atoms with Crippen LogP contribution in [0.5, 0.6) is 0 Å². The molecule has 0 aliphatic heterocycles. The zero-order chi connectivity index (χ0) is 18.3. The minimum atomic E-state index is 0.915. The number of rotatable bonds is 8. The van der Waals surface area contributed by atoms with E-state index in [0.29, 0.717) is 0 Å². The van der Waals surface area contributed by atoms with Crippen molar-refractivity contribution in [3.63, 3.8) is 0 Å². The zero-order valence-corrected chi connectivity index (χ0v) is 16.2. The summed E-state index contributed by atoms with van der Waals surface area (Å²) >= 11 is 3.44. The summed E-state index contributed by atoms with van der Waals surface area (Å²) < 4.78 is 4.04. The minimum absolute atomic E-state index is 0.915. The molecule has 6 nitrogen and oxygen atoms in total. The second-order valence-corrected chi connectivity index (χ2v) is 7.81. The summed E-state index contributed by atoms with van der Waals surface area (Å²) in [7, 11) is 0. The van der Waals surface area contributed by atoms with Gasteiger partial charge in [0.05, 0.1) is 0 Å². The van der Waals surface area contributed by atoms with Crippen molar-refractivity contribution in [3.8, 4) is 11.4 Å². The molecule has 0 fully saturated rings. The lowest BCUT2D eigenvalue weighted by molar-refractivity contribution is 0.878. The summed E-state index contributed by atoms with van der Waals surface area (Å²) in [4.78, 5) is 0. The van der Waals surface area contributed by atoms with Gasteiger partial charge in [0.1, 0.15) is 12.7 Å². The van der Waals surface area contributed by atoms with Gasteiger partial charge in [-0.25, -0.2) is 0 Å². The van der Waals surface area contributed by atoms with Crippen molar-refractivity contribution in [1.82, 2.24) is 29.5 Å². The fourth-order valence-corrected chi connectivity index (χ4v) is 4.48. The maximum atomic E-state index is 4.24. The first kappa shape index (κ1) is 17.8. The van der Waals surface area contributed by atoms with Crippen molar-refractivity contribution in [1.29, 1.82) is 0 Å². The first-order valence-electron chi connectivity index (χ1n) is 8.58. The van der Waals surface area contributed by atoms with Gasteiger partial charge in [0, 0.05) is 22.9 Å². The molecule has 27 heavy (non-hydrogen) atoms. The van der Waals surface area contributed by atoms with E-state index in [1.807, 2.05) is 45.5 Å². The third kappa shape index (κ3) is 4.40. The van der Waals surface area contributed by atoms with E-state index in [-0.39, 0.29) is 0 Å². The van der Waals surface area contributed by atoms with Crippen LogP contribution in [0, 0.1) is 0 Å². The molecule has 0 N–H and O–H groups in total. The van der Waals surface area contributed by atoms with Crippen molar-refractivity contribution in [2.24, 2.45) is 0 Å². The van der Waals surface area contributed by atoms with Crippen LogP contribution in [-0.4, -0.2) is 41.0 Å². The molecule has 4 rings (SSSR count). The van der Waals surface area contributed by atoms with E-state index in [9.17, 15) is 0 Å². The zero-order valence-electron chi connectivity index (χ0n) is 14.5. The van der Waals surface area contributed by atoms with E-state index >= 15 is 0 Å². The number of nitrogens with zero attached hydrogens (tertiary/aromatic N) is 6. The highest BCUT2D eigenvalue weighted by atomic mass is 32.2. The monoisotopic (exact) mass is 394 g/mol. The van der Waals surface area contributed by atoms with Crippen molar-refractivity contribution < 1.29 is 0 Å². The minimum Gasteiger partial charge on any atom is -0.277 e. The van der Waals surface area contributed by atoms with Crippen molar-refractivity contribution in [2.75, 3.05) is 11.5 Å². The quantitative estimate of drug-likeness (QED) is 0.331. The molecule has 0 saturated heterocycles. The smallest absolute Gasteiger partial charge is 0.195 e. The van der Waals surface area contributed by atoms with Gasteiger partial charge in [0.25, 0.3) is 0 Å². The van der Waals surface area contributed by atoms with E-state index in [1.54, 1.807) is 36.2 Å². The van der Waals surface area contributed by atoms with Crippen molar-refractivity contribution in [2.45, 2.75) is 16.7 Å². The van der Waals surface area contributed by atoms with Crippen LogP contribution in [0.2, 0.25) is 0 Å². The van der Waals surface area contributed by atoms with E-state index < -0.39 is 0 Å². The number of hydrogen-bond donors (Lipinski definition) is 0. The summed E-state index contributed by atoms with van der Waals surface area (Å²) in [5.74, 6) is 1.94. The van der Waals surface area contributed by atoms with Gasteiger partial charge < -0.3 is 0 Å². The largest absolute Gasteiger partial charge is 0.277 e. The van der Waals surface area contributed by atoms with Gasteiger partial charge in [-0.15, -0.1) is 20.4 Å². The van der Waals surface area contributed by atoms with Crippen LogP contribution in [0.25, 0.3) is 11.4 Å². The average Bonchev–Trinajstić information content (AvgIpc) is 3.38. The molecule has 0 amide bonds. The lowest BCUT2D eigenvalue weighted by atomic mass is 10.3. The molecule has 0 bridgehead atoms. The SMILES string of the molecule is c1ccc(-n2cnnc2SCCCSc2nncn2-c2ccccc2)cc1. The molecule has 0 atom stereocenters. The average molecular weight is 395 g/mol. The molecule has 0 radical (unpaired) electrons. The van der Waals surface area contributed by atoms with Gasteiger partial charge in [-0.05, 0) is 30.7 Å². The highest BCUT2D eigenvalue weighted by Crippen LogP contribution is 2.23. The maximum Gasteiger partial charge on any atom is 0.195 e. The third-order valence-electron chi connectivity index (χ3n) is 3.85. The van der Waals surface area contributed by atoms with Crippen molar-refractivity contribution in [3.05, 3.63) is 73.3 Å². The van der Waals surface area contributed by atoms with Crippen molar-refractivity contribution >= 4 is 23.5 Å². The van der Waals surface area contributed by atoms with E-state index in [4.69, 9.17) is 0 Å². The lowest BCUT2D eigenvalue weighted by Crippen LogP contribution is -1.97. The summed E-state index contributed by atoms with van der Waals surface area (Å²) in [6.45, 7) is 0. The molecule has 8 heteroatoms. The Morgan fingerprint density at radius 3 is 1.52 bits per heavy atom. The Balaban J connectivity index is 1.29. The summed E-state index contributed by atoms with van der Waals surface area (Å²) in [5.41, 5.74) is 2.16. The van der Waals surface area contributed by atoms with Gasteiger partial charge in [-0.3, -0.25) is 9.13 Å². The number of thioether (sulfide) groups is 2. The van der Waals surface area contributed by atoms with Gasteiger partial charge in [-0.1, -0.05) is 59.9 Å². The van der Waals surface area contributed by atoms with Gasteiger partial charge in [0.2, 0.25) is 0 Å². The van der Waals surface area contributed by atoms with Crippen LogP contribution >= 0.6 is 23.5 Å².